The molecule has 1 N–H and O–H groups in total. The number of piperidine rings is 1. The lowest BCUT2D eigenvalue weighted by molar-refractivity contribution is -0.188. The van der Waals surface area contributed by atoms with Crippen molar-refractivity contribution in [3.05, 3.63) is 35.3 Å². The SMILES string of the molecule is CO[C@H]1CCCOC12CCN(C(=O)Cc1c(C)[nH]c3c(F)cccc13)CC2. The van der Waals surface area contributed by atoms with Crippen molar-refractivity contribution in [1.29, 1.82) is 0 Å². The number of para-hydroxylation sites is 1. The van der Waals surface area contributed by atoms with Gasteiger partial charge in [-0.05, 0) is 44.2 Å². The molecule has 2 aliphatic rings. The van der Waals surface area contributed by atoms with E-state index in [1.54, 1.807) is 13.2 Å². The number of likely N-dealkylation sites (tertiary alicyclic amines) is 1. The standard InChI is InChI=1S/C21H27FN2O3/c1-14-16(15-5-3-6-17(22)20(15)23-14)13-19(25)24-10-8-21(9-11-24)18(26-2)7-4-12-27-21/h3,5-6,18,23H,4,7-13H2,1-2H3/t18-/m0/s1. The van der Waals surface area contributed by atoms with Crippen LogP contribution < -0.4 is 0 Å². The van der Waals surface area contributed by atoms with Gasteiger partial charge in [0.15, 0.2) is 0 Å². The van der Waals surface area contributed by atoms with Gasteiger partial charge in [-0.2, -0.15) is 0 Å². The van der Waals surface area contributed by atoms with Crippen LogP contribution in [0.1, 0.15) is 36.9 Å². The monoisotopic (exact) mass is 374 g/mol. The molecule has 4 rings (SSSR count). The van der Waals surface area contributed by atoms with Crippen LogP contribution in [0.4, 0.5) is 4.39 Å². The Morgan fingerprint density at radius 1 is 1.41 bits per heavy atom. The summed E-state index contributed by atoms with van der Waals surface area (Å²) in [6.45, 7) is 4.02. The molecule has 0 aliphatic carbocycles. The summed E-state index contributed by atoms with van der Waals surface area (Å²) in [6, 6.07) is 4.99. The number of H-pyrrole nitrogens is 1. The Bertz CT molecular complexity index is 839. The second-order valence-corrected chi connectivity index (χ2v) is 7.73. The van der Waals surface area contributed by atoms with Crippen LogP contribution in [-0.4, -0.2) is 54.3 Å². The number of hydrogen-bond donors (Lipinski definition) is 1. The molecule has 0 radical (unpaired) electrons. The summed E-state index contributed by atoms with van der Waals surface area (Å²) in [7, 11) is 1.75. The Labute approximate surface area is 158 Å². The molecule has 5 nitrogen and oxygen atoms in total. The van der Waals surface area contributed by atoms with Crippen molar-refractivity contribution in [2.45, 2.75) is 50.7 Å². The number of ether oxygens (including phenoxy) is 2. The summed E-state index contributed by atoms with van der Waals surface area (Å²) in [5, 5.41) is 0.796. The van der Waals surface area contributed by atoms with Gasteiger partial charge in [0.1, 0.15) is 5.82 Å². The Kier molecular flexibility index (Phi) is 4.95. The molecule has 0 bridgehead atoms. The number of amides is 1. The van der Waals surface area contributed by atoms with Gasteiger partial charge in [0.2, 0.25) is 5.91 Å². The maximum absolute atomic E-state index is 14.0. The molecule has 1 aromatic carbocycles. The quantitative estimate of drug-likeness (QED) is 0.896. The van der Waals surface area contributed by atoms with Gasteiger partial charge in [-0.1, -0.05) is 12.1 Å². The van der Waals surface area contributed by atoms with Crippen LogP contribution in [0.15, 0.2) is 18.2 Å². The number of aryl methyl sites for hydroxylation is 1. The van der Waals surface area contributed by atoms with E-state index in [-0.39, 0.29) is 29.9 Å². The van der Waals surface area contributed by atoms with E-state index in [1.807, 2.05) is 17.9 Å². The maximum Gasteiger partial charge on any atom is 0.227 e. The third-order valence-corrected chi connectivity index (χ3v) is 6.27. The predicted molar refractivity (Wildman–Crippen MR) is 101 cm³/mol. The highest BCUT2D eigenvalue weighted by molar-refractivity contribution is 5.90. The lowest BCUT2D eigenvalue weighted by Crippen LogP contribution is -2.56. The number of fused-ring (bicyclic) bond motifs is 1. The molecule has 6 heteroatoms. The Morgan fingerprint density at radius 3 is 2.93 bits per heavy atom. The van der Waals surface area contributed by atoms with E-state index in [0.717, 1.165) is 48.9 Å². The summed E-state index contributed by atoms with van der Waals surface area (Å²) in [5.74, 6) is -0.197. The van der Waals surface area contributed by atoms with E-state index in [0.29, 0.717) is 18.6 Å². The van der Waals surface area contributed by atoms with Crippen molar-refractivity contribution >= 4 is 16.8 Å². The van der Waals surface area contributed by atoms with Gasteiger partial charge in [-0.3, -0.25) is 4.79 Å². The zero-order valence-corrected chi connectivity index (χ0v) is 16.0. The van der Waals surface area contributed by atoms with Crippen LogP contribution in [-0.2, 0) is 20.7 Å². The number of carbonyl (C=O) groups excluding carboxylic acids is 1. The predicted octanol–water partition coefficient (Wildman–Crippen LogP) is 3.34. The second kappa shape index (κ2) is 7.24. The van der Waals surface area contributed by atoms with Crippen LogP contribution in [0.2, 0.25) is 0 Å². The van der Waals surface area contributed by atoms with Crippen LogP contribution in [0.3, 0.4) is 0 Å². The molecular formula is C21H27FN2O3. The summed E-state index contributed by atoms with van der Waals surface area (Å²) < 4.78 is 25.8. The van der Waals surface area contributed by atoms with E-state index in [9.17, 15) is 9.18 Å². The third-order valence-electron chi connectivity index (χ3n) is 6.27. The molecular weight excluding hydrogens is 347 g/mol. The van der Waals surface area contributed by atoms with Crippen molar-refractivity contribution in [1.82, 2.24) is 9.88 Å². The van der Waals surface area contributed by atoms with Gasteiger partial charge in [0, 0.05) is 37.9 Å². The van der Waals surface area contributed by atoms with Gasteiger partial charge in [0.25, 0.3) is 0 Å². The highest BCUT2D eigenvalue weighted by atomic mass is 19.1. The van der Waals surface area contributed by atoms with E-state index in [4.69, 9.17) is 9.47 Å². The number of rotatable bonds is 3. The largest absolute Gasteiger partial charge is 0.378 e. The Balaban J connectivity index is 1.46. The van der Waals surface area contributed by atoms with E-state index in [2.05, 4.69) is 4.98 Å². The topological polar surface area (TPSA) is 54.6 Å². The number of benzene rings is 1. The molecule has 2 saturated heterocycles. The van der Waals surface area contributed by atoms with E-state index in [1.165, 1.54) is 6.07 Å². The highest BCUT2D eigenvalue weighted by Crippen LogP contribution is 2.37. The Morgan fingerprint density at radius 2 is 2.19 bits per heavy atom. The van der Waals surface area contributed by atoms with Gasteiger partial charge >= 0.3 is 0 Å². The maximum atomic E-state index is 14.0. The van der Waals surface area contributed by atoms with E-state index >= 15 is 0 Å². The lowest BCUT2D eigenvalue weighted by atomic mass is 9.81. The molecule has 1 amide bonds. The minimum atomic E-state index is -0.283. The fourth-order valence-corrected chi connectivity index (χ4v) is 4.69. The molecule has 3 heterocycles. The average Bonchev–Trinajstić information content (AvgIpc) is 3.00. The molecule has 146 valence electrons. The number of aromatic nitrogens is 1. The minimum Gasteiger partial charge on any atom is -0.378 e. The number of aromatic amines is 1. The number of hydrogen-bond acceptors (Lipinski definition) is 3. The molecule has 1 spiro atoms. The van der Waals surface area contributed by atoms with Gasteiger partial charge in [-0.25, -0.2) is 4.39 Å². The van der Waals surface area contributed by atoms with Crippen LogP contribution >= 0.6 is 0 Å². The van der Waals surface area contributed by atoms with Crippen molar-refractivity contribution in [3.8, 4) is 0 Å². The van der Waals surface area contributed by atoms with Crippen LogP contribution in [0, 0.1) is 12.7 Å². The zero-order chi connectivity index (χ0) is 19.0. The van der Waals surface area contributed by atoms with Crippen LogP contribution in [0.25, 0.3) is 10.9 Å². The fraction of sp³-hybridized carbons (Fsp3) is 0.571. The smallest absolute Gasteiger partial charge is 0.227 e. The molecule has 1 aromatic heterocycles. The first-order valence-corrected chi connectivity index (χ1v) is 9.74. The third kappa shape index (κ3) is 3.25. The summed E-state index contributed by atoms with van der Waals surface area (Å²) in [6.07, 6.45) is 4.06. The first kappa shape index (κ1) is 18.4. The van der Waals surface area contributed by atoms with Crippen molar-refractivity contribution in [2.75, 3.05) is 26.8 Å². The highest BCUT2D eigenvalue weighted by Gasteiger charge is 2.45. The average molecular weight is 374 g/mol. The zero-order valence-electron chi connectivity index (χ0n) is 16.0. The summed E-state index contributed by atoms with van der Waals surface area (Å²) in [5.41, 5.74) is 1.98. The molecule has 0 saturated carbocycles. The molecule has 2 aliphatic heterocycles. The van der Waals surface area contributed by atoms with Gasteiger partial charge in [-0.15, -0.1) is 0 Å². The van der Waals surface area contributed by atoms with Gasteiger partial charge < -0.3 is 19.4 Å². The van der Waals surface area contributed by atoms with Crippen molar-refractivity contribution in [3.63, 3.8) is 0 Å². The Hall–Kier alpha value is -1.92. The number of methoxy groups -OCH3 is 1. The van der Waals surface area contributed by atoms with Crippen molar-refractivity contribution in [2.24, 2.45) is 0 Å². The van der Waals surface area contributed by atoms with Gasteiger partial charge in [0.05, 0.1) is 23.6 Å². The first-order chi connectivity index (χ1) is 13.0. The molecule has 1 atom stereocenters. The van der Waals surface area contributed by atoms with E-state index < -0.39 is 0 Å². The second-order valence-electron chi connectivity index (χ2n) is 7.73. The summed E-state index contributed by atoms with van der Waals surface area (Å²) >= 11 is 0. The van der Waals surface area contributed by atoms with Crippen molar-refractivity contribution < 1.29 is 18.7 Å². The first-order valence-electron chi connectivity index (χ1n) is 9.74. The fourth-order valence-electron chi connectivity index (χ4n) is 4.69. The number of carbonyl (C=O) groups is 1. The van der Waals surface area contributed by atoms with Crippen LogP contribution in [0.5, 0.6) is 0 Å². The molecule has 2 fully saturated rings. The normalized spacial score (nSPS) is 22.5. The number of nitrogens with one attached hydrogen (secondary N) is 1. The number of halogens is 1. The molecule has 2 aromatic rings. The lowest BCUT2D eigenvalue weighted by Gasteiger charge is -2.48. The molecule has 0 unspecified atom stereocenters. The molecule has 27 heavy (non-hydrogen) atoms. The summed E-state index contributed by atoms with van der Waals surface area (Å²) in [4.78, 5) is 17.9. The minimum absolute atomic E-state index is 0.0860. The number of nitrogens with zero attached hydrogens (tertiary/aromatic N) is 1.